The molecule has 1 aliphatic heterocycles. The number of hydrogen-bond donors (Lipinski definition) is 5. The Morgan fingerprint density at radius 3 is 2.85 bits per heavy atom. The Morgan fingerprint density at radius 1 is 1.50 bits per heavy atom. The monoisotopic (exact) mass is 308 g/mol. The van der Waals surface area contributed by atoms with Gasteiger partial charge in [-0.15, -0.1) is 0 Å². The van der Waals surface area contributed by atoms with Gasteiger partial charge in [0.05, 0.1) is 6.10 Å². The molecule has 0 radical (unpaired) electrons. The van der Waals surface area contributed by atoms with Crippen LogP contribution in [0.3, 0.4) is 0 Å². The predicted octanol–water partition coefficient (Wildman–Crippen LogP) is -0.607. The molecule has 0 amide bonds. The first kappa shape index (κ1) is 15.3. The maximum Gasteiger partial charge on any atom is 0.567 e. The number of anilines is 1. The number of ether oxygens (including phenoxy) is 1. The van der Waals surface area contributed by atoms with Crippen LogP contribution in [0, 0.1) is 0 Å². The normalized spacial score (nSPS) is 23.0. The zero-order valence-corrected chi connectivity index (χ0v) is 11.2. The van der Waals surface area contributed by atoms with Crippen LogP contribution >= 0.6 is 8.17 Å². The summed E-state index contributed by atoms with van der Waals surface area (Å²) < 4.78 is 11.2. The van der Waals surface area contributed by atoms with Gasteiger partial charge >= 0.3 is 13.9 Å². The zero-order valence-electron chi connectivity index (χ0n) is 10.3. The molecule has 1 aromatic heterocycles. The molecule has 1 aliphatic rings. The molecule has 0 saturated carbocycles. The third-order valence-electron chi connectivity index (χ3n) is 2.77. The predicted molar refractivity (Wildman–Crippen MR) is 66.6 cm³/mol. The summed E-state index contributed by atoms with van der Waals surface area (Å²) in [5.41, 5.74) is 1.17. The second-order valence-corrected chi connectivity index (χ2v) is 5.50. The molecule has 20 heavy (non-hydrogen) atoms. The van der Waals surface area contributed by atoms with E-state index in [1.54, 1.807) is 5.48 Å². The van der Waals surface area contributed by atoms with Gasteiger partial charge in [-0.2, -0.15) is 24.2 Å². The van der Waals surface area contributed by atoms with Gasteiger partial charge in [0.1, 0.15) is 12.8 Å². The van der Waals surface area contributed by atoms with Crippen LogP contribution in [0.5, 0.6) is 0 Å². The maximum atomic E-state index is 11.7. The van der Waals surface area contributed by atoms with E-state index >= 15 is 0 Å². The van der Waals surface area contributed by atoms with Crippen molar-refractivity contribution in [1.29, 1.82) is 0 Å². The van der Waals surface area contributed by atoms with Crippen LogP contribution in [-0.2, 0) is 9.26 Å². The molecule has 0 aromatic carbocycles. The highest BCUT2D eigenvalue weighted by Crippen LogP contribution is 2.46. The number of hydrogen-bond acceptors (Lipinski definition) is 9. The standard InChI is InChI=1S/C9H14N3O7P/c13-9-10-7(11-14)3-4-12(9)8-2-1-6(19-8)5-18-20(15,16)17/h3-4,6,8,15-17H,1-2,5H2,(H-,10,11,13,14)/p+1. The van der Waals surface area contributed by atoms with Crippen LogP contribution in [0.1, 0.15) is 19.1 Å². The minimum atomic E-state index is -4.28. The minimum Gasteiger partial charge on any atom is -0.352 e. The lowest BCUT2D eigenvalue weighted by Crippen LogP contribution is -2.27. The number of rotatable bonds is 5. The fourth-order valence-corrected chi connectivity index (χ4v) is 2.26. The summed E-state index contributed by atoms with van der Waals surface area (Å²) in [7, 11) is -4.28. The molecule has 0 spiro atoms. The van der Waals surface area contributed by atoms with Crippen LogP contribution in [-0.4, -0.2) is 42.1 Å². The topological polar surface area (TPSA) is 146 Å². The van der Waals surface area contributed by atoms with Gasteiger partial charge in [-0.3, -0.25) is 15.3 Å². The van der Waals surface area contributed by atoms with Gasteiger partial charge < -0.3 is 4.74 Å². The first-order valence-corrected chi connectivity index (χ1v) is 7.32. The third-order valence-corrected chi connectivity index (χ3v) is 3.27. The van der Waals surface area contributed by atoms with Crippen molar-refractivity contribution in [2.75, 3.05) is 12.1 Å². The second kappa shape index (κ2) is 6.10. The summed E-state index contributed by atoms with van der Waals surface area (Å²) in [6.07, 6.45) is 1.43. The third kappa shape index (κ3) is 3.93. The number of nitrogens with one attached hydrogen (secondary N) is 1. The Morgan fingerprint density at radius 2 is 2.25 bits per heavy atom. The van der Waals surface area contributed by atoms with Crippen molar-refractivity contribution in [3.05, 3.63) is 22.7 Å². The molecule has 112 valence electrons. The van der Waals surface area contributed by atoms with E-state index in [4.69, 9.17) is 24.6 Å². The Kier molecular flexibility index (Phi) is 4.66. The average molecular weight is 308 g/mol. The zero-order chi connectivity index (χ0) is 14.8. The Balaban J connectivity index is 1.97. The average Bonchev–Trinajstić information content (AvgIpc) is 2.84. The van der Waals surface area contributed by atoms with Crippen molar-refractivity contribution < 1.29 is 29.1 Å². The minimum absolute atomic E-state index is 0.0274. The van der Waals surface area contributed by atoms with E-state index in [0.29, 0.717) is 12.8 Å². The molecule has 11 heteroatoms. The molecule has 2 atom stereocenters. The van der Waals surface area contributed by atoms with Crippen LogP contribution in [0.4, 0.5) is 5.82 Å². The SMILES string of the molecule is O=c1nc(NO)ccn1C1CCC(CO[P+](O)(O)O)O1. The smallest absolute Gasteiger partial charge is 0.352 e. The van der Waals surface area contributed by atoms with E-state index in [9.17, 15) is 4.79 Å². The number of aromatic nitrogens is 2. The molecule has 2 rings (SSSR count). The molecule has 0 bridgehead atoms. The van der Waals surface area contributed by atoms with E-state index in [-0.39, 0.29) is 12.4 Å². The molecule has 5 N–H and O–H groups in total. The first-order chi connectivity index (χ1) is 9.39. The summed E-state index contributed by atoms with van der Waals surface area (Å²) >= 11 is 0. The van der Waals surface area contributed by atoms with E-state index in [0.717, 1.165) is 0 Å². The summed E-state index contributed by atoms with van der Waals surface area (Å²) in [5, 5.41) is 8.63. The maximum absolute atomic E-state index is 11.7. The van der Waals surface area contributed by atoms with E-state index in [2.05, 4.69) is 9.51 Å². The first-order valence-electron chi connectivity index (χ1n) is 5.75. The van der Waals surface area contributed by atoms with Crippen LogP contribution < -0.4 is 11.2 Å². The molecule has 1 aromatic rings. The highest BCUT2D eigenvalue weighted by Gasteiger charge is 2.37. The fraction of sp³-hybridized carbons (Fsp3) is 0.556. The quantitative estimate of drug-likeness (QED) is 0.355. The van der Waals surface area contributed by atoms with E-state index in [1.807, 2.05) is 0 Å². The van der Waals surface area contributed by atoms with Crippen LogP contribution in [0.15, 0.2) is 17.1 Å². The largest absolute Gasteiger partial charge is 0.567 e. The highest BCUT2D eigenvalue weighted by molar-refractivity contribution is 7.53. The van der Waals surface area contributed by atoms with Gasteiger partial charge in [0, 0.05) is 6.20 Å². The van der Waals surface area contributed by atoms with Gasteiger partial charge in [0.2, 0.25) is 0 Å². The van der Waals surface area contributed by atoms with Gasteiger partial charge in [-0.05, 0) is 18.9 Å². The molecule has 1 saturated heterocycles. The Bertz CT molecular complexity index is 517. The summed E-state index contributed by atoms with van der Waals surface area (Å²) in [5.74, 6) is 0.0274. The van der Waals surface area contributed by atoms with Crippen molar-refractivity contribution in [2.24, 2.45) is 0 Å². The van der Waals surface area contributed by atoms with Crippen molar-refractivity contribution >= 4 is 14.0 Å². The lowest BCUT2D eigenvalue weighted by atomic mass is 10.2. The fourth-order valence-electron chi connectivity index (χ4n) is 1.89. The Labute approximate surface area is 113 Å². The van der Waals surface area contributed by atoms with Crippen LogP contribution in [0.25, 0.3) is 0 Å². The molecular weight excluding hydrogens is 293 g/mol. The second-order valence-electron chi connectivity index (χ2n) is 4.21. The van der Waals surface area contributed by atoms with Crippen LogP contribution in [0.2, 0.25) is 0 Å². The molecule has 1 fully saturated rings. The van der Waals surface area contributed by atoms with Crippen molar-refractivity contribution in [3.63, 3.8) is 0 Å². The van der Waals surface area contributed by atoms with E-state index in [1.165, 1.54) is 16.8 Å². The van der Waals surface area contributed by atoms with Crippen molar-refractivity contribution in [2.45, 2.75) is 25.2 Å². The molecule has 2 heterocycles. The highest BCUT2D eigenvalue weighted by atomic mass is 31.2. The molecular formula is C9H15N3O7P+. The lowest BCUT2D eigenvalue weighted by Gasteiger charge is -2.15. The summed E-state index contributed by atoms with van der Waals surface area (Å²) in [4.78, 5) is 41.4. The van der Waals surface area contributed by atoms with Crippen molar-refractivity contribution in [3.8, 4) is 0 Å². The molecule has 2 unspecified atom stereocenters. The number of nitrogens with zero attached hydrogens (tertiary/aromatic N) is 2. The summed E-state index contributed by atoms with van der Waals surface area (Å²) in [6, 6.07) is 1.40. The van der Waals surface area contributed by atoms with Gasteiger partial charge in [-0.1, -0.05) is 0 Å². The van der Waals surface area contributed by atoms with Gasteiger partial charge in [-0.25, -0.2) is 4.79 Å². The van der Waals surface area contributed by atoms with Gasteiger partial charge in [0.25, 0.3) is 0 Å². The van der Waals surface area contributed by atoms with Gasteiger partial charge in [0.15, 0.2) is 5.82 Å². The lowest BCUT2D eigenvalue weighted by molar-refractivity contribution is -0.0270. The molecule has 10 nitrogen and oxygen atoms in total. The van der Waals surface area contributed by atoms with Crippen molar-refractivity contribution in [1.82, 2.24) is 9.55 Å². The van der Waals surface area contributed by atoms with E-state index < -0.39 is 26.2 Å². The summed E-state index contributed by atoms with van der Waals surface area (Å²) in [6.45, 7) is -0.188. The Hall–Kier alpha value is -1.13. The molecule has 0 aliphatic carbocycles.